The average Bonchev–Trinajstić information content (AvgIpc) is 3.18. The van der Waals surface area contributed by atoms with Gasteiger partial charge in [-0.25, -0.2) is 4.52 Å². The number of carbonyl (C=O) groups is 1. The van der Waals surface area contributed by atoms with Crippen molar-refractivity contribution >= 4 is 11.4 Å². The molecule has 4 heterocycles. The van der Waals surface area contributed by atoms with E-state index in [2.05, 4.69) is 5.10 Å². The third kappa shape index (κ3) is 2.35. The van der Waals surface area contributed by atoms with Gasteiger partial charge in [0, 0.05) is 12.7 Å². The highest BCUT2D eigenvalue weighted by molar-refractivity contribution is 6.02. The van der Waals surface area contributed by atoms with Crippen molar-refractivity contribution in [3.8, 4) is 5.75 Å². The number of morpholine rings is 1. The van der Waals surface area contributed by atoms with Crippen LogP contribution in [0.5, 0.6) is 5.75 Å². The van der Waals surface area contributed by atoms with Crippen LogP contribution in [0.3, 0.4) is 0 Å². The fourth-order valence-electron chi connectivity index (χ4n) is 3.61. The third-order valence-corrected chi connectivity index (χ3v) is 4.64. The first-order valence-electron chi connectivity index (χ1n) is 8.07. The van der Waals surface area contributed by atoms with Gasteiger partial charge in [0.1, 0.15) is 17.4 Å². The van der Waals surface area contributed by atoms with E-state index in [4.69, 9.17) is 14.2 Å². The zero-order chi connectivity index (χ0) is 16.9. The summed E-state index contributed by atoms with van der Waals surface area (Å²) < 4.78 is 18.7. The van der Waals surface area contributed by atoms with Crippen LogP contribution in [0, 0.1) is 0 Å². The summed E-state index contributed by atoms with van der Waals surface area (Å²) in [7, 11) is 1.59. The van der Waals surface area contributed by atoms with E-state index in [1.807, 2.05) is 30.9 Å². The molecule has 2 atom stereocenters. The quantitative estimate of drug-likeness (QED) is 0.831. The van der Waals surface area contributed by atoms with Gasteiger partial charge in [-0.3, -0.25) is 4.79 Å². The normalized spacial score (nSPS) is 25.7. The summed E-state index contributed by atoms with van der Waals surface area (Å²) in [6, 6.07) is 3.61. The van der Waals surface area contributed by atoms with E-state index in [1.165, 1.54) is 0 Å². The second-order valence-corrected chi connectivity index (χ2v) is 6.88. The molecule has 0 N–H and O–H groups in total. The maximum absolute atomic E-state index is 13.3. The van der Waals surface area contributed by atoms with Gasteiger partial charge < -0.3 is 19.1 Å². The van der Waals surface area contributed by atoms with Crippen molar-refractivity contribution in [1.82, 2.24) is 14.5 Å². The third-order valence-electron chi connectivity index (χ3n) is 4.64. The number of amides is 1. The average molecular weight is 331 g/mol. The molecule has 2 saturated heterocycles. The zero-order valence-corrected chi connectivity index (χ0v) is 14.1. The number of carbonyl (C=O) groups excluding carboxylic acids is 1. The Morgan fingerprint density at radius 3 is 3.04 bits per heavy atom. The van der Waals surface area contributed by atoms with Crippen LogP contribution in [-0.4, -0.2) is 65.0 Å². The van der Waals surface area contributed by atoms with Gasteiger partial charge in [0.15, 0.2) is 0 Å². The van der Waals surface area contributed by atoms with Gasteiger partial charge in [0.05, 0.1) is 43.7 Å². The fourth-order valence-corrected chi connectivity index (χ4v) is 3.61. The SMILES string of the molecule is COc1cccn2ncc(C(=O)N3CC(C)(C)O[C@@H]4COC[C@H]43)c12. The summed E-state index contributed by atoms with van der Waals surface area (Å²) in [5.41, 5.74) is 0.818. The van der Waals surface area contributed by atoms with Crippen molar-refractivity contribution in [1.29, 1.82) is 0 Å². The number of ether oxygens (including phenoxy) is 3. The molecule has 24 heavy (non-hydrogen) atoms. The van der Waals surface area contributed by atoms with Crippen LogP contribution in [0.2, 0.25) is 0 Å². The topological polar surface area (TPSA) is 65.3 Å². The van der Waals surface area contributed by atoms with Crippen LogP contribution in [0.15, 0.2) is 24.5 Å². The lowest BCUT2D eigenvalue weighted by atomic mass is 10.00. The standard InChI is InChI=1S/C17H21N3O4/c1-17(2)10-19(12-8-23-9-14(12)24-17)16(21)11-7-18-20-6-4-5-13(22-3)15(11)20/h4-7,12,14H,8-10H2,1-3H3/t12-,14-/m1/s1. The zero-order valence-electron chi connectivity index (χ0n) is 14.1. The summed E-state index contributed by atoms with van der Waals surface area (Å²) in [4.78, 5) is 15.1. The Balaban J connectivity index is 1.75. The molecule has 0 aliphatic carbocycles. The van der Waals surface area contributed by atoms with Gasteiger partial charge in [-0.05, 0) is 26.0 Å². The summed E-state index contributed by atoms with van der Waals surface area (Å²) in [5.74, 6) is 0.566. The molecular weight excluding hydrogens is 310 g/mol. The van der Waals surface area contributed by atoms with Crippen molar-refractivity contribution in [2.24, 2.45) is 0 Å². The monoisotopic (exact) mass is 331 g/mol. The number of pyridine rings is 1. The van der Waals surface area contributed by atoms with Crippen LogP contribution in [0.1, 0.15) is 24.2 Å². The second kappa shape index (κ2) is 5.46. The first-order chi connectivity index (χ1) is 11.5. The lowest BCUT2D eigenvalue weighted by molar-refractivity contribution is -0.137. The second-order valence-electron chi connectivity index (χ2n) is 6.88. The van der Waals surface area contributed by atoms with Crippen molar-refractivity contribution in [3.63, 3.8) is 0 Å². The van der Waals surface area contributed by atoms with Crippen LogP contribution >= 0.6 is 0 Å². The van der Waals surface area contributed by atoms with Gasteiger partial charge in [0.2, 0.25) is 0 Å². The molecule has 0 bridgehead atoms. The lowest BCUT2D eigenvalue weighted by Crippen LogP contribution is -2.60. The molecule has 0 aromatic carbocycles. The molecule has 0 unspecified atom stereocenters. The van der Waals surface area contributed by atoms with Crippen molar-refractivity contribution in [3.05, 3.63) is 30.1 Å². The number of methoxy groups -OCH3 is 1. The molecule has 7 heteroatoms. The van der Waals surface area contributed by atoms with E-state index in [0.29, 0.717) is 36.6 Å². The van der Waals surface area contributed by atoms with Gasteiger partial charge in [-0.15, -0.1) is 0 Å². The van der Waals surface area contributed by atoms with E-state index < -0.39 is 5.60 Å². The van der Waals surface area contributed by atoms with E-state index >= 15 is 0 Å². The predicted octanol–water partition coefficient (Wildman–Crippen LogP) is 1.36. The van der Waals surface area contributed by atoms with Crippen LogP contribution in [0.4, 0.5) is 0 Å². The maximum Gasteiger partial charge on any atom is 0.258 e. The Bertz CT molecular complexity index is 785. The Hall–Kier alpha value is -2.12. The highest BCUT2D eigenvalue weighted by Gasteiger charge is 2.46. The molecule has 2 aliphatic heterocycles. The summed E-state index contributed by atoms with van der Waals surface area (Å²) >= 11 is 0. The first kappa shape index (κ1) is 15.4. The molecule has 1 amide bonds. The molecule has 7 nitrogen and oxygen atoms in total. The Morgan fingerprint density at radius 1 is 1.42 bits per heavy atom. The minimum atomic E-state index is -0.405. The van der Waals surface area contributed by atoms with Crippen LogP contribution in [-0.2, 0) is 9.47 Å². The number of rotatable bonds is 2. The van der Waals surface area contributed by atoms with Crippen LogP contribution in [0.25, 0.3) is 5.52 Å². The summed E-state index contributed by atoms with van der Waals surface area (Å²) in [6.07, 6.45) is 3.33. The van der Waals surface area contributed by atoms with Gasteiger partial charge in [0.25, 0.3) is 5.91 Å². The maximum atomic E-state index is 13.3. The van der Waals surface area contributed by atoms with E-state index in [9.17, 15) is 4.79 Å². The summed E-state index contributed by atoms with van der Waals surface area (Å²) in [6.45, 7) is 5.54. The molecule has 2 fully saturated rings. The number of fused-ring (bicyclic) bond motifs is 2. The first-order valence-corrected chi connectivity index (χ1v) is 8.07. The minimum Gasteiger partial charge on any atom is -0.494 e. The molecule has 2 aromatic rings. The molecule has 0 spiro atoms. The van der Waals surface area contributed by atoms with E-state index in [-0.39, 0.29) is 18.1 Å². The smallest absolute Gasteiger partial charge is 0.258 e. The summed E-state index contributed by atoms with van der Waals surface area (Å²) in [5, 5.41) is 4.29. The molecule has 0 saturated carbocycles. The Labute approximate surface area is 140 Å². The van der Waals surface area contributed by atoms with Crippen molar-refractivity contribution < 1.29 is 19.0 Å². The van der Waals surface area contributed by atoms with Gasteiger partial charge >= 0.3 is 0 Å². The molecule has 128 valence electrons. The molecule has 2 aromatic heterocycles. The van der Waals surface area contributed by atoms with E-state index in [1.54, 1.807) is 24.0 Å². The van der Waals surface area contributed by atoms with Crippen molar-refractivity contribution in [2.45, 2.75) is 31.6 Å². The van der Waals surface area contributed by atoms with Gasteiger partial charge in [-0.2, -0.15) is 5.10 Å². The minimum absolute atomic E-state index is 0.0600. The molecule has 2 aliphatic rings. The Morgan fingerprint density at radius 2 is 2.25 bits per heavy atom. The highest BCUT2D eigenvalue weighted by atomic mass is 16.6. The number of nitrogens with zero attached hydrogens (tertiary/aromatic N) is 3. The number of hydrogen-bond donors (Lipinski definition) is 0. The Kier molecular flexibility index (Phi) is 3.51. The molecular formula is C17H21N3O4. The number of hydrogen-bond acceptors (Lipinski definition) is 5. The lowest BCUT2D eigenvalue weighted by Gasteiger charge is -2.44. The largest absolute Gasteiger partial charge is 0.494 e. The molecule has 0 radical (unpaired) electrons. The van der Waals surface area contributed by atoms with Crippen LogP contribution < -0.4 is 4.74 Å². The van der Waals surface area contributed by atoms with Gasteiger partial charge in [-0.1, -0.05) is 0 Å². The molecule has 4 rings (SSSR count). The van der Waals surface area contributed by atoms with E-state index in [0.717, 1.165) is 0 Å². The predicted molar refractivity (Wildman–Crippen MR) is 86.3 cm³/mol. The highest BCUT2D eigenvalue weighted by Crippen LogP contribution is 2.32. The number of aromatic nitrogens is 2. The van der Waals surface area contributed by atoms with Crippen molar-refractivity contribution in [2.75, 3.05) is 26.9 Å². The fraction of sp³-hybridized carbons (Fsp3) is 0.529.